The van der Waals surface area contributed by atoms with Crippen molar-refractivity contribution >= 4 is 40.3 Å². The molecule has 8 nitrogen and oxygen atoms in total. The Balaban J connectivity index is 1.57. The number of nitrogens with one attached hydrogen (secondary N) is 1. The largest absolute Gasteiger partial charge is 0.343 e. The highest BCUT2D eigenvalue weighted by Crippen LogP contribution is 2.28. The molecule has 2 aromatic heterocycles. The smallest absolute Gasteiger partial charge is 0.281 e. The Morgan fingerprint density at radius 2 is 1.90 bits per heavy atom. The van der Waals surface area contributed by atoms with Crippen molar-refractivity contribution in [2.24, 2.45) is 5.92 Å². The van der Waals surface area contributed by atoms with Crippen LogP contribution in [0, 0.1) is 5.92 Å². The highest BCUT2D eigenvalue weighted by atomic mass is 35.5. The second kappa shape index (κ2) is 8.96. The third-order valence-electron chi connectivity index (χ3n) is 5.58. The average Bonchev–Trinajstić information content (AvgIpc) is 3.14. The van der Waals surface area contributed by atoms with Gasteiger partial charge in [-0.25, -0.2) is 9.67 Å². The maximum absolute atomic E-state index is 12.6. The van der Waals surface area contributed by atoms with Gasteiger partial charge in [-0.3, -0.25) is 9.59 Å². The van der Waals surface area contributed by atoms with Gasteiger partial charge in [-0.15, -0.1) is 5.10 Å². The normalized spacial score (nSPS) is 15.2. The average molecular weight is 463 g/mol. The molecule has 31 heavy (non-hydrogen) atoms. The molecule has 0 radical (unpaired) electrons. The molecular weight excluding hydrogens is 439 g/mol. The number of benzene rings is 1. The number of fused-ring (bicyclic) bond motifs is 1. The fourth-order valence-electron chi connectivity index (χ4n) is 3.90. The Labute approximate surface area is 189 Å². The topological polar surface area (TPSA) is 96.8 Å². The van der Waals surface area contributed by atoms with Crippen LogP contribution in [0.4, 0.5) is 0 Å². The summed E-state index contributed by atoms with van der Waals surface area (Å²) in [5.74, 6) is 1.18. The number of aromatic nitrogens is 5. The highest BCUT2D eigenvalue weighted by Gasteiger charge is 2.26. The Bertz CT molecular complexity index is 1140. The van der Waals surface area contributed by atoms with Crippen LogP contribution in [-0.2, 0) is 11.3 Å². The van der Waals surface area contributed by atoms with E-state index in [2.05, 4.69) is 20.3 Å². The lowest BCUT2D eigenvalue weighted by molar-refractivity contribution is -0.133. The van der Waals surface area contributed by atoms with Crippen molar-refractivity contribution in [3.63, 3.8) is 0 Å². The van der Waals surface area contributed by atoms with E-state index in [1.54, 1.807) is 22.9 Å². The molecule has 1 aliphatic heterocycles. The van der Waals surface area contributed by atoms with Gasteiger partial charge < -0.3 is 9.88 Å². The van der Waals surface area contributed by atoms with Crippen LogP contribution in [-0.4, -0.2) is 48.9 Å². The number of likely N-dealkylation sites (tertiary alicyclic amines) is 1. The van der Waals surface area contributed by atoms with Gasteiger partial charge in [0.05, 0.1) is 6.54 Å². The second-order valence-electron chi connectivity index (χ2n) is 8.32. The number of amides is 1. The van der Waals surface area contributed by atoms with Crippen LogP contribution in [0.5, 0.6) is 0 Å². The first-order valence-electron chi connectivity index (χ1n) is 10.4. The van der Waals surface area contributed by atoms with E-state index in [9.17, 15) is 9.59 Å². The molecule has 10 heteroatoms. The highest BCUT2D eigenvalue weighted by molar-refractivity contribution is 6.36. The van der Waals surface area contributed by atoms with E-state index in [4.69, 9.17) is 23.2 Å². The first-order valence-corrected chi connectivity index (χ1v) is 11.1. The van der Waals surface area contributed by atoms with Gasteiger partial charge in [0.2, 0.25) is 5.91 Å². The van der Waals surface area contributed by atoms with Crippen molar-refractivity contribution in [2.45, 2.75) is 45.6 Å². The predicted octanol–water partition coefficient (Wildman–Crippen LogP) is 3.62. The molecule has 1 aliphatic rings. The van der Waals surface area contributed by atoms with E-state index < -0.39 is 0 Å². The van der Waals surface area contributed by atoms with Crippen LogP contribution in [0.3, 0.4) is 0 Å². The monoisotopic (exact) mass is 462 g/mol. The maximum atomic E-state index is 12.6. The van der Waals surface area contributed by atoms with Crippen LogP contribution < -0.4 is 5.56 Å². The van der Waals surface area contributed by atoms with Gasteiger partial charge >= 0.3 is 0 Å². The molecule has 3 aromatic rings. The molecule has 1 saturated heterocycles. The second-order valence-corrected chi connectivity index (χ2v) is 9.14. The number of nitrogens with zero attached hydrogens (tertiary/aromatic N) is 5. The minimum Gasteiger partial charge on any atom is -0.343 e. The molecule has 3 heterocycles. The Morgan fingerprint density at radius 3 is 2.55 bits per heavy atom. The quantitative estimate of drug-likeness (QED) is 0.624. The summed E-state index contributed by atoms with van der Waals surface area (Å²) >= 11 is 12.6. The molecule has 0 spiro atoms. The number of carbonyl (C=O) groups is 1. The van der Waals surface area contributed by atoms with Gasteiger partial charge in [0.1, 0.15) is 5.82 Å². The fraction of sp³-hybridized carbons (Fsp3) is 0.476. The summed E-state index contributed by atoms with van der Waals surface area (Å²) in [7, 11) is 0. The number of aromatic amines is 1. The lowest BCUT2D eigenvalue weighted by atomic mass is 9.95. The van der Waals surface area contributed by atoms with E-state index in [0.29, 0.717) is 52.5 Å². The van der Waals surface area contributed by atoms with Crippen LogP contribution in [0.1, 0.15) is 50.4 Å². The number of hydrogen-bond acceptors (Lipinski definition) is 5. The van der Waals surface area contributed by atoms with Crippen LogP contribution in [0.15, 0.2) is 23.0 Å². The minimum atomic E-state index is -0.324. The number of carbonyl (C=O) groups excluding carboxylic acids is 1. The number of hydrogen-bond donors (Lipinski definition) is 1. The Morgan fingerprint density at radius 1 is 1.23 bits per heavy atom. The van der Waals surface area contributed by atoms with Gasteiger partial charge in [0.25, 0.3) is 5.56 Å². The van der Waals surface area contributed by atoms with E-state index in [1.807, 2.05) is 18.7 Å². The van der Waals surface area contributed by atoms with Crippen molar-refractivity contribution in [3.8, 4) is 0 Å². The number of H-pyrrole nitrogens is 1. The standard InChI is InChI=1S/C21H24Cl2N6O2/c1-12(2)10-17(30)28-8-6-13(7-9-28)19-24-20-18(21(31)25-19)26-27-29(20)11-14-15(22)4-3-5-16(14)23/h3-5,12-13H,6-11H2,1-2H3,(H,24,25,31). The lowest BCUT2D eigenvalue weighted by Crippen LogP contribution is -2.38. The summed E-state index contributed by atoms with van der Waals surface area (Å²) < 4.78 is 1.54. The van der Waals surface area contributed by atoms with E-state index >= 15 is 0 Å². The van der Waals surface area contributed by atoms with Gasteiger partial charge in [0, 0.05) is 41.0 Å². The molecule has 0 saturated carbocycles. The van der Waals surface area contributed by atoms with Gasteiger partial charge in [-0.2, -0.15) is 0 Å². The summed E-state index contributed by atoms with van der Waals surface area (Å²) in [5.41, 5.74) is 0.942. The van der Waals surface area contributed by atoms with Crippen molar-refractivity contribution < 1.29 is 4.79 Å². The number of halogens is 2. The van der Waals surface area contributed by atoms with E-state index in [-0.39, 0.29) is 29.4 Å². The molecule has 1 aromatic carbocycles. The summed E-state index contributed by atoms with van der Waals surface area (Å²) in [5, 5.41) is 9.11. The Kier molecular flexibility index (Phi) is 6.29. The van der Waals surface area contributed by atoms with Crippen molar-refractivity contribution in [1.82, 2.24) is 29.9 Å². The van der Waals surface area contributed by atoms with E-state index in [1.165, 1.54) is 0 Å². The summed E-state index contributed by atoms with van der Waals surface area (Å²) in [6.45, 7) is 5.66. The number of piperidine rings is 1. The zero-order valence-electron chi connectivity index (χ0n) is 17.4. The maximum Gasteiger partial charge on any atom is 0.281 e. The van der Waals surface area contributed by atoms with Crippen molar-refractivity contribution in [2.75, 3.05) is 13.1 Å². The van der Waals surface area contributed by atoms with Crippen molar-refractivity contribution in [1.29, 1.82) is 0 Å². The summed E-state index contributed by atoms with van der Waals surface area (Å²) in [6.07, 6.45) is 2.05. The molecule has 0 aliphatic carbocycles. The summed E-state index contributed by atoms with van der Waals surface area (Å²) in [6, 6.07) is 5.27. The zero-order valence-corrected chi connectivity index (χ0v) is 18.9. The SMILES string of the molecule is CC(C)CC(=O)N1CCC(c2nc3c(nnn3Cc3c(Cl)cccc3Cl)c(=O)[nH]2)CC1. The molecule has 0 atom stereocenters. The fourth-order valence-corrected chi connectivity index (χ4v) is 4.41. The van der Waals surface area contributed by atoms with Gasteiger partial charge in [-0.1, -0.05) is 48.3 Å². The third kappa shape index (κ3) is 4.60. The predicted molar refractivity (Wildman–Crippen MR) is 120 cm³/mol. The third-order valence-corrected chi connectivity index (χ3v) is 6.29. The van der Waals surface area contributed by atoms with Gasteiger partial charge in [-0.05, 0) is 30.9 Å². The molecular formula is C21H24Cl2N6O2. The summed E-state index contributed by atoms with van der Waals surface area (Å²) in [4.78, 5) is 34.4. The molecule has 0 bridgehead atoms. The van der Waals surface area contributed by atoms with Gasteiger partial charge in [0.15, 0.2) is 11.2 Å². The minimum absolute atomic E-state index is 0.0625. The number of rotatable bonds is 5. The van der Waals surface area contributed by atoms with Crippen LogP contribution >= 0.6 is 23.2 Å². The van der Waals surface area contributed by atoms with Crippen LogP contribution in [0.2, 0.25) is 10.0 Å². The van der Waals surface area contributed by atoms with Crippen molar-refractivity contribution in [3.05, 3.63) is 50.0 Å². The first kappa shape index (κ1) is 21.8. The first-order chi connectivity index (χ1) is 14.8. The molecule has 1 amide bonds. The molecule has 1 fully saturated rings. The molecule has 0 unspecified atom stereocenters. The lowest BCUT2D eigenvalue weighted by Gasteiger charge is -2.32. The zero-order chi connectivity index (χ0) is 22.1. The molecule has 4 rings (SSSR count). The molecule has 164 valence electrons. The van der Waals surface area contributed by atoms with E-state index in [0.717, 1.165) is 12.8 Å². The van der Waals surface area contributed by atoms with Crippen LogP contribution in [0.25, 0.3) is 11.2 Å². The Hall–Kier alpha value is -2.45. The molecule has 1 N–H and O–H groups in total.